The van der Waals surface area contributed by atoms with Gasteiger partial charge in [-0.25, -0.2) is 4.98 Å². The number of aromatic nitrogens is 1. The van der Waals surface area contributed by atoms with E-state index in [1.807, 2.05) is 23.1 Å². The molecule has 1 N–H and O–H groups in total. The van der Waals surface area contributed by atoms with E-state index in [2.05, 4.69) is 27.4 Å². The molecule has 0 radical (unpaired) electrons. The summed E-state index contributed by atoms with van der Waals surface area (Å²) in [6.45, 7) is 3.42. The molecule has 0 unspecified atom stereocenters. The molecule has 25 heavy (non-hydrogen) atoms. The van der Waals surface area contributed by atoms with Crippen molar-refractivity contribution >= 4 is 17.6 Å². The molecule has 0 spiro atoms. The Balaban J connectivity index is 1.34. The molecule has 2 aliphatic rings. The van der Waals surface area contributed by atoms with Crippen LogP contribution in [0.5, 0.6) is 0 Å². The number of hydrogen-bond donors (Lipinski definition) is 1. The summed E-state index contributed by atoms with van der Waals surface area (Å²) in [5, 5.41) is 2.87. The number of nitrogens with zero attached hydrogens (tertiary/aromatic N) is 3. The van der Waals surface area contributed by atoms with Crippen LogP contribution in [0.25, 0.3) is 0 Å². The van der Waals surface area contributed by atoms with Gasteiger partial charge in [-0.2, -0.15) is 0 Å². The summed E-state index contributed by atoms with van der Waals surface area (Å²) in [7, 11) is 0. The Bertz CT molecular complexity index is 609. The summed E-state index contributed by atoms with van der Waals surface area (Å²) in [4.78, 5) is 32.6. The van der Waals surface area contributed by atoms with Crippen molar-refractivity contribution in [1.82, 2.24) is 15.2 Å². The largest absolute Gasteiger partial charge is 0.356 e. The van der Waals surface area contributed by atoms with E-state index in [0.717, 1.165) is 31.7 Å². The second-order valence-corrected chi connectivity index (χ2v) is 6.63. The van der Waals surface area contributed by atoms with Crippen LogP contribution >= 0.6 is 0 Å². The van der Waals surface area contributed by atoms with Crippen LogP contribution in [0, 0.1) is 5.92 Å². The predicted molar refractivity (Wildman–Crippen MR) is 97.1 cm³/mol. The van der Waals surface area contributed by atoms with Crippen molar-refractivity contribution in [1.29, 1.82) is 0 Å². The van der Waals surface area contributed by atoms with Gasteiger partial charge in [0.2, 0.25) is 11.8 Å². The van der Waals surface area contributed by atoms with Gasteiger partial charge in [0, 0.05) is 51.8 Å². The van der Waals surface area contributed by atoms with Crippen LogP contribution < -0.4 is 10.2 Å². The number of carbonyl (C=O) groups excluding carboxylic acids is 2. The zero-order valence-electron chi connectivity index (χ0n) is 14.6. The first-order valence-corrected chi connectivity index (χ1v) is 9.09. The zero-order chi connectivity index (χ0) is 17.5. The number of allylic oxidation sites excluding steroid dienone is 2. The number of anilines is 1. The van der Waals surface area contributed by atoms with Gasteiger partial charge in [-0.05, 0) is 30.9 Å². The third-order valence-corrected chi connectivity index (χ3v) is 4.83. The predicted octanol–water partition coefficient (Wildman–Crippen LogP) is 1.59. The minimum atomic E-state index is 0.0457. The van der Waals surface area contributed by atoms with Gasteiger partial charge < -0.3 is 15.1 Å². The quantitative estimate of drug-likeness (QED) is 0.798. The van der Waals surface area contributed by atoms with E-state index in [1.54, 1.807) is 6.20 Å². The average Bonchev–Trinajstić information content (AvgIpc) is 3.15. The fourth-order valence-corrected chi connectivity index (χ4v) is 3.37. The Kier molecular flexibility index (Phi) is 6.04. The van der Waals surface area contributed by atoms with Crippen molar-refractivity contribution in [2.24, 2.45) is 5.92 Å². The number of hydrogen-bond acceptors (Lipinski definition) is 4. The molecule has 2 amide bonds. The molecular formula is C19H26N4O2. The highest BCUT2D eigenvalue weighted by Gasteiger charge is 2.21. The molecule has 6 nitrogen and oxygen atoms in total. The smallest absolute Gasteiger partial charge is 0.224 e. The molecule has 1 aromatic rings. The lowest BCUT2D eigenvalue weighted by Gasteiger charge is -2.35. The number of nitrogens with one attached hydrogen (secondary N) is 1. The lowest BCUT2D eigenvalue weighted by molar-refractivity contribution is -0.131. The molecule has 3 rings (SSSR count). The number of pyridine rings is 1. The molecular weight excluding hydrogens is 316 g/mol. The Labute approximate surface area is 148 Å². The number of carbonyl (C=O) groups is 2. The van der Waals surface area contributed by atoms with Gasteiger partial charge in [-0.3, -0.25) is 9.59 Å². The monoisotopic (exact) mass is 342 g/mol. The first-order chi connectivity index (χ1) is 12.2. The van der Waals surface area contributed by atoms with Crippen LogP contribution in [-0.2, 0) is 9.59 Å². The highest BCUT2D eigenvalue weighted by atomic mass is 16.2. The van der Waals surface area contributed by atoms with Gasteiger partial charge in [0.25, 0.3) is 0 Å². The lowest BCUT2D eigenvalue weighted by Crippen LogP contribution is -2.49. The first-order valence-electron chi connectivity index (χ1n) is 9.09. The molecule has 0 bridgehead atoms. The number of rotatable bonds is 6. The second kappa shape index (κ2) is 8.65. The van der Waals surface area contributed by atoms with Crippen LogP contribution in [0.1, 0.15) is 25.7 Å². The van der Waals surface area contributed by atoms with Crippen LogP contribution in [0.15, 0.2) is 36.5 Å². The Morgan fingerprint density at radius 2 is 2.04 bits per heavy atom. The number of amides is 2. The van der Waals surface area contributed by atoms with E-state index in [-0.39, 0.29) is 11.8 Å². The molecule has 1 saturated heterocycles. The van der Waals surface area contributed by atoms with Gasteiger partial charge in [0.15, 0.2) is 0 Å². The molecule has 6 heteroatoms. The molecule has 1 fully saturated rings. The summed E-state index contributed by atoms with van der Waals surface area (Å²) < 4.78 is 0. The van der Waals surface area contributed by atoms with E-state index >= 15 is 0 Å². The van der Waals surface area contributed by atoms with Gasteiger partial charge in [-0.1, -0.05) is 18.2 Å². The van der Waals surface area contributed by atoms with Crippen molar-refractivity contribution in [3.63, 3.8) is 0 Å². The summed E-state index contributed by atoms with van der Waals surface area (Å²) in [6, 6.07) is 5.87. The lowest BCUT2D eigenvalue weighted by atomic mass is 10.1. The van der Waals surface area contributed by atoms with E-state index < -0.39 is 0 Å². The Morgan fingerprint density at radius 3 is 2.72 bits per heavy atom. The molecule has 1 atom stereocenters. The molecule has 134 valence electrons. The molecule has 1 aliphatic carbocycles. The highest BCUT2D eigenvalue weighted by molar-refractivity contribution is 5.79. The van der Waals surface area contributed by atoms with E-state index in [9.17, 15) is 9.59 Å². The zero-order valence-corrected chi connectivity index (χ0v) is 14.6. The topological polar surface area (TPSA) is 65.5 Å². The van der Waals surface area contributed by atoms with Crippen LogP contribution in [-0.4, -0.2) is 54.4 Å². The normalized spacial score (nSPS) is 19.9. The van der Waals surface area contributed by atoms with Crippen molar-refractivity contribution in [2.75, 3.05) is 37.6 Å². The van der Waals surface area contributed by atoms with Crippen molar-refractivity contribution < 1.29 is 9.59 Å². The van der Waals surface area contributed by atoms with Crippen LogP contribution in [0.4, 0.5) is 5.82 Å². The standard InChI is InChI=1S/C19H26N4O2/c24-18(15-16-5-1-2-6-16)21-10-8-19(25)23-13-11-22(12-14-23)17-7-3-4-9-20-17/h1,3-5,7,9,16H,2,6,8,10-15H2,(H,21,24)/t16-/m0/s1. The van der Waals surface area contributed by atoms with Gasteiger partial charge in [0.05, 0.1) is 0 Å². The molecule has 0 saturated carbocycles. The molecule has 1 aliphatic heterocycles. The third kappa shape index (κ3) is 5.05. The first kappa shape index (κ1) is 17.5. The minimum absolute atomic E-state index is 0.0457. The van der Waals surface area contributed by atoms with Crippen molar-refractivity contribution in [2.45, 2.75) is 25.7 Å². The van der Waals surface area contributed by atoms with Crippen molar-refractivity contribution in [3.8, 4) is 0 Å². The van der Waals surface area contributed by atoms with Gasteiger partial charge in [0.1, 0.15) is 5.82 Å². The average molecular weight is 342 g/mol. The SMILES string of the molecule is O=C(C[C@H]1C=CCC1)NCCC(=O)N1CCN(c2ccccn2)CC1. The molecule has 1 aromatic heterocycles. The maximum Gasteiger partial charge on any atom is 0.224 e. The Hall–Kier alpha value is -2.37. The van der Waals surface area contributed by atoms with E-state index in [1.165, 1.54) is 0 Å². The third-order valence-electron chi connectivity index (χ3n) is 4.83. The second-order valence-electron chi connectivity index (χ2n) is 6.63. The maximum absolute atomic E-state index is 12.3. The van der Waals surface area contributed by atoms with E-state index in [0.29, 0.717) is 38.4 Å². The fourth-order valence-electron chi connectivity index (χ4n) is 3.37. The number of piperazine rings is 1. The minimum Gasteiger partial charge on any atom is -0.356 e. The fraction of sp³-hybridized carbons (Fsp3) is 0.526. The highest BCUT2D eigenvalue weighted by Crippen LogP contribution is 2.20. The van der Waals surface area contributed by atoms with E-state index in [4.69, 9.17) is 0 Å². The molecule has 2 heterocycles. The summed E-state index contributed by atoms with van der Waals surface area (Å²) in [5.74, 6) is 1.49. The Morgan fingerprint density at radius 1 is 1.20 bits per heavy atom. The maximum atomic E-state index is 12.3. The van der Waals surface area contributed by atoms with Gasteiger partial charge >= 0.3 is 0 Å². The van der Waals surface area contributed by atoms with Crippen LogP contribution in [0.3, 0.4) is 0 Å². The molecule has 0 aromatic carbocycles. The van der Waals surface area contributed by atoms with Gasteiger partial charge in [-0.15, -0.1) is 0 Å². The summed E-state index contributed by atoms with van der Waals surface area (Å²) in [6.07, 6.45) is 9.08. The summed E-state index contributed by atoms with van der Waals surface area (Å²) in [5.41, 5.74) is 0. The summed E-state index contributed by atoms with van der Waals surface area (Å²) >= 11 is 0. The van der Waals surface area contributed by atoms with Crippen molar-refractivity contribution in [3.05, 3.63) is 36.5 Å². The van der Waals surface area contributed by atoms with Crippen LogP contribution in [0.2, 0.25) is 0 Å².